The van der Waals surface area contributed by atoms with Crippen LogP contribution >= 0.6 is 0 Å². The molecule has 1 aromatic heterocycles. The van der Waals surface area contributed by atoms with Crippen LogP contribution in [0.2, 0.25) is 0 Å². The van der Waals surface area contributed by atoms with Crippen LogP contribution in [0.3, 0.4) is 0 Å². The number of aromatic nitrogens is 1. The number of nitrogens with two attached hydrogens (primary N) is 1. The Morgan fingerprint density at radius 3 is 2.59 bits per heavy atom. The minimum atomic E-state index is -0.425. The Morgan fingerprint density at radius 2 is 2.06 bits per heavy atom. The minimum Gasteiger partial charge on any atom is -0.460 e. The first-order valence-corrected chi connectivity index (χ1v) is 5.72. The van der Waals surface area contributed by atoms with Gasteiger partial charge in [0.05, 0.1) is 0 Å². The molecule has 0 bridgehead atoms. The Morgan fingerprint density at radius 1 is 1.41 bits per heavy atom. The van der Waals surface area contributed by atoms with Gasteiger partial charge in [0, 0.05) is 12.1 Å². The summed E-state index contributed by atoms with van der Waals surface area (Å²) in [7, 11) is 0. The first-order chi connectivity index (χ1) is 7.78. The molecule has 1 rings (SSSR count). The molecule has 1 heterocycles. The van der Waals surface area contributed by atoms with Crippen molar-refractivity contribution in [3.63, 3.8) is 0 Å². The van der Waals surface area contributed by atoms with Gasteiger partial charge in [-0.05, 0) is 45.7 Å². The van der Waals surface area contributed by atoms with Crippen molar-refractivity contribution in [1.82, 2.24) is 4.98 Å². The molecule has 0 saturated heterocycles. The maximum Gasteiger partial charge on any atom is 0.306 e. The molecule has 0 aliphatic rings. The standard InChI is InChI=1S/C13H20N2O2/c1-9-10(5-7-11(14)15-9)6-8-12(16)17-13(2,3)4/h5,7H,6,8H2,1-4H3,(H2,14,15). The molecular weight excluding hydrogens is 216 g/mol. The van der Waals surface area contributed by atoms with Crippen LogP contribution in [0, 0.1) is 6.92 Å². The van der Waals surface area contributed by atoms with Gasteiger partial charge in [0.25, 0.3) is 0 Å². The van der Waals surface area contributed by atoms with E-state index in [1.165, 1.54) is 0 Å². The molecule has 17 heavy (non-hydrogen) atoms. The Balaban J connectivity index is 2.53. The number of carbonyl (C=O) groups is 1. The van der Waals surface area contributed by atoms with Crippen LogP contribution in [-0.4, -0.2) is 16.6 Å². The smallest absolute Gasteiger partial charge is 0.306 e. The number of aryl methyl sites for hydroxylation is 2. The fourth-order valence-corrected chi connectivity index (χ4v) is 1.50. The van der Waals surface area contributed by atoms with E-state index in [-0.39, 0.29) is 5.97 Å². The summed E-state index contributed by atoms with van der Waals surface area (Å²) in [6.45, 7) is 7.48. The number of rotatable bonds is 3. The maximum atomic E-state index is 11.5. The molecule has 0 aliphatic heterocycles. The minimum absolute atomic E-state index is 0.186. The van der Waals surface area contributed by atoms with Crippen molar-refractivity contribution in [1.29, 1.82) is 0 Å². The lowest BCUT2D eigenvalue weighted by Gasteiger charge is -2.19. The average Bonchev–Trinajstić information content (AvgIpc) is 2.13. The van der Waals surface area contributed by atoms with E-state index in [4.69, 9.17) is 10.5 Å². The molecule has 0 radical (unpaired) electrons. The number of carbonyl (C=O) groups excluding carboxylic acids is 1. The van der Waals surface area contributed by atoms with Gasteiger partial charge in [-0.3, -0.25) is 4.79 Å². The van der Waals surface area contributed by atoms with Gasteiger partial charge in [0.1, 0.15) is 11.4 Å². The first-order valence-electron chi connectivity index (χ1n) is 5.72. The zero-order chi connectivity index (χ0) is 13.1. The van der Waals surface area contributed by atoms with E-state index in [2.05, 4.69) is 4.98 Å². The molecule has 0 atom stereocenters. The third kappa shape index (κ3) is 4.85. The molecule has 4 heteroatoms. The van der Waals surface area contributed by atoms with E-state index < -0.39 is 5.60 Å². The predicted octanol–water partition coefficient (Wildman–Crippen LogP) is 2.25. The molecule has 4 nitrogen and oxygen atoms in total. The number of hydrogen-bond acceptors (Lipinski definition) is 4. The zero-order valence-corrected chi connectivity index (χ0v) is 10.9. The zero-order valence-electron chi connectivity index (χ0n) is 10.9. The third-order valence-corrected chi connectivity index (χ3v) is 2.24. The monoisotopic (exact) mass is 236 g/mol. The van der Waals surface area contributed by atoms with Crippen LogP contribution in [0.25, 0.3) is 0 Å². The number of hydrogen-bond donors (Lipinski definition) is 1. The quantitative estimate of drug-likeness (QED) is 0.817. The van der Waals surface area contributed by atoms with Gasteiger partial charge in [-0.25, -0.2) is 4.98 Å². The highest BCUT2D eigenvalue weighted by Gasteiger charge is 2.16. The Bertz CT molecular complexity index is 408. The molecule has 0 fully saturated rings. The number of esters is 1. The Kier molecular flexibility index (Phi) is 4.10. The average molecular weight is 236 g/mol. The van der Waals surface area contributed by atoms with Gasteiger partial charge in [0.2, 0.25) is 0 Å². The van der Waals surface area contributed by atoms with Gasteiger partial charge in [-0.2, -0.15) is 0 Å². The summed E-state index contributed by atoms with van der Waals surface area (Å²) < 4.78 is 5.24. The van der Waals surface area contributed by atoms with Crippen LogP contribution in [-0.2, 0) is 16.0 Å². The molecule has 94 valence electrons. The number of ether oxygens (including phenoxy) is 1. The summed E-state index contributed by atoms with van der Waals surface area (Å²) >= 11 is 0. The fraction of sp³-hybridized carbons (Fsp3) is 0.538. The first kappa shape index (κ1) is 13.5. The van der Waals surface area contributed by atoms with Crippen LogP contribution < -0.4 is 5.73 Å². The maximum absolute atomic E-state index is 11.5. The van der Waals surface area contributed by atoms with Gasteiger partial charge >= 0.3 is 5.97 Å². The predicted molar refractivity (Wildman–Crippen MR) is 67.6 cm³/mol. The van der Waals surface area contributed by atoms with Crippen molar-refractivity contribution < 1.29 is 9.53 Å². The molecule has 0 spiro atoms. The second-order valence-electron chi connectivity index (χ2n) is 5.07. The lowest BCUT2D eigenvalue weighted by molar-refractivity contribution is -0.154. The summed E-state index contributed by atoms with van der Waals surface area (Å²) in [5, 5.41) is 0. The Labute approximate surface area is 102 Å². The number of nitrogen functional groups attached to an aromatic ring is 1. The second kappa shape index (κ2) is 5.17. The van der Waals surface area contributed by atoms with E-state index in [0.29, 0.717) is 18.7 Å². The Hall–Kier alpha value is -1.58. The van der Waals surface area contributed by atoms with E-state index in [1.807, 2.05) is 33.8 Å². The topological polar surface area (TPSA) is 65.2 Å². The van der Waals surface area contributed by atoms with Crippen molar-refractivity contribution in [2.45, 2.75) is 46.1 Å². The van der Waals surface area contributed by atoms with E-state index >= 15 is 0 Å². The second-order valence-corrected chi connectivity index (χ2v) is 5.07. The van der Waals surface area contributed by atoms with Gasteiger partial charge in [-0.15, -0.1) is 0 Å². The molecule has 2 N–H and O–H groups in total. The lowest BCUT2D eigenvalue weighted by Crippen LogP contribution is -2.24. The van der Waals surface area contributed by atoms with Crippen molar-refractivity contribution in [2.24, 2.45) is 0 Å². The molecule has 0 unspecified atom stereocenters. The largest absolute Gasteiger partial charge is 0.460 e. The van der Waals surface area contributed by atoms with Crippen LogP contribution in [0.4, 0.5) is 5.82 Å². The van der Waals surface area contributed by atoms with Gasteiger partial charge in [-0.1, -0.05) is 6.07 Å². The van der Waals surface area contributed by atoms with Crippen LogP contribution in [0.5, 0.6) is 0 Å². The van der Waals surface area contributed by atoms with E-state index in [1.54, 1.807) is 6.07 Å². The SMILES string of the molecule is Cc1nc(N)ccc1CCC(=O)OC(C)(C)C. The van der Waals surface area contributed by atoms with Crippen molar-refractivity contribution in [2.75, 3.05) is 5.73 Å². The molecule has 0 aromatic carbocycles. The van der Waals surface area contributed by atoms with E-state index in [0.717, 1.165) is 11.3 Å². The van der Waals surface area contributed by atoms with Gasteiger partial charge < -0.3 is 10.5 Å². The fourth-order valence-electron chi connectivity index (χ4n) is 1.50. The lowest BCUT2D eigenvalue weighted by atomic mass is 10.1. The van der Waals surface area contributed by atoms with Crippen molar-refractivity contribution >= 4 is 11.8 Å². The number of pyridine rings is 1. The summed E-state index contributed by atoms with van der Waals surface area (Å²) in [4.78, 5) is 15.7. The highest BCUT2D eigenvalue weighted by Crippen LogP contribution is 2.13. The molecular formula is C13H20N2O2. The number of anilines is 1. The summed E-state index contributed by atoms with van der Waals surface area (Å²) in [5.41, 5.74) is 7.04. The number of nitrogens with zero attached hydrogens (tertiary/aromatic N) is 1. The van der Waals surface area contributed by atoms with Gasteiger partial charge in [0.15, 0.2) is 0 Å². The highest BCUT2D eigenvalue weighted by molar-refractivity contribution is 5.70. The van der Waals surface area contributed by atoms with Crippen LogP contribution in [0.1, 0.15) is 38.4 Å². The third-order valence-electron chi connectivity index (χ3n) is 2.24. The summed E-state index contributed by atoms with van der Waals surface area (Å²) in [6.07, 6.45) is 0.998. The van der Waals surface area contributed by atoms with Crippen molar-refractivity contribution in [3.8, 4) is 0 Å². The van der Waals surface area contributed by atoms with E-state index in [9.17, 15) is 4.79 Å². The van der Waals surface area contributed by atoms with Crippen molar-refractivity contribution in [3.05, 3.63) is 23.4 Å². The summed E-state index contributed by atoms with van der Waals surface area (Å²) in [6, 6.07) is 3.65. The molecule has 0 amide bonds. The molecule has 0 aliphatic carbocycles. The normalized spacial score (nSPS) is 11.3. The summed E-state index contributed by atoms with van der Waals surface area (Å²) in [5.74, 6) is 0.317. The molecule has 1 aromatic rings. The molecule has 0 saturated carbocycles. The highest BCUT2D eigenvalue weighted by atomic mass is 16.6. The van der Waals surface area contributed by atoms with Crippen LogP contribution in [0.15, 0.2) is 12.1 Å².